The van der Waals surface area contributed by atoms with Gasteiger partial charge in [-0.3, -0.25) is 19.8 Å². The molecule has 3 aromatic rings. The molecule has 0 bridgehead atoms. The number of aromatic carboxylic acids is 1. The first kappa shape index (κ1) is 25.8. The van der Waals surface area contributed by atoms with E-state index in [-0.39, 0.29) is 45.1 Å². The maximum Gasteiger partial charge on any atom is 0.335 e. The summed E-state index contributed by atoms with van der Waals surface area (Å²) >= 11 is 11.6. The maximum absolute atomic E-state index is 14.0. The number of carbonyl (C=O) groups excluding carboxylic acids is 2. The lowest BCUT2D eigenvalue weighted by atomic mass is 10.1. The minimum absolute atomic E-state index is 0.0574. The van der Waals surface area contributed by atoms with Crippen LogP contribution in [0.4, 0.5) is 10.1 Å². The summed E-state index contributed by atoms with van der Waals surface area (Å²) in [5, 5.41) is 11.6. The van der Waals surface area contributed by atoms with Gasteiger partial charge in [0.2, 0.25) is 0 Å². The molecule has 2 amide bonds. The Balaban J connectivity index is 1.66. The summed E-state index contributed by atoms with van der Waals surface area (Å²) in [5.41, 5.74) is 0.503. The average Bonchev–Trinajstić information content (AvgIpc) is 2.86. The average molecular weight is 541 g/mol. The molecule has 8 nitrogen and oxygen atoms in total. The van der Waals surface area contributed by atoms with Crippen LogP contribution in [0.2, 0.25) is 5.02 Å². The summed E-state index contributed by atoms with van der Waals surface area (Å²) < 4.78 is 25.0. The number of hydrogen-bond donors (Lipinski definition) is 2. The Morgan fingerprint density at radius 2 is 1.92 bits per heavy atom. The number of benzene rings is 3. The smallest absolute Gasteiger partial charge is 0.335 e. The summed E-state index contributed by atoms with van der Waals surface area (Å²) in [6, 6.07) is 14.7. The molecule has 0 spiro atoms. The Bertz CT molecular complexity index is 1480. The van der Waals surface area contributed by atoms with E-state index in [9.17, 15) is 23.9 Å². The Morgan fingerprint density at radius 1 is 1.16 bits per heavy atom. The number of carbonyl (C=O) groups is 3. The largest absolute Gasteiger partial charge is 0.493 e. The second kappa shape index (κ2) is 10.8. The topological polar surface area (TPSA) is 105 Å². The van der Waals surface area contributed by atoms with Crippen LogP contribution < -0.4 is 19.7 Å². The molecule has 3 aromatic carbocycles. The molecule has 0 saturated carbocycles. The SMILES string of the molecule is COc1cc(C=C2C(=O)NC(=S)N(c3cccc(C(=O)O)c3)C2=O)cc(Cl)c1OCc1ccccc1F. The number of anilines is 1. The van der Waals surface area contributed by atoms with Gasteiger partial charge in [0.15, 0.2) is 16.6 Å². The number of ether oxygens (including phenoxy) is 2. The van der Waals surface area contributed by atoms with Crippen LogP contribution in [0, 0.1) is 5.82 Å². The fourth-order valence-electron chi connectivity index (χ4n) is 3.57. The number of nitrogens with zero attached hydrogens (tertiary/aromatic N) is 1. The van der Waals surface area contributed by atoms with E-state index in [1.165, 1.54) is 55.7 Å². The summed E-state index contributed by atoms with van der Waals surface area (Å²) in [6.45, 7) is -0.105. The minimum atomic E-state index is -1.18. The summed E-state index contributed by atoms with van der Waals surface area (Å²) in [5.74, 6) is -2.77. The number of amides is 2. The number of halogens is 2. The molecule has 0 radical (unpaired) electrons. The van der Waals surface area contributed by atoms with Crippen molar-refractivity contribution >= 4 is 58.5 Å². The molecular weight excluding hydrogens is 523 g/mol. The van der Waals surface area contributed by atoms with Crippen LogP contribution in [0.1, 0.15) is 21.5 Å². The summed E-state index contributed by atoms with van der Waals surface area (Å²) in [4.78, 5) is 38.3. The third-order valence-corrected chi connectivity index (χ3v) is 5.91. The normalized spacial score (nSPS) is 14.5. The molecule has 1 aliphatic rings. The highest BCUT2D eigenvalue weighted by Crippen LogP contribution is 2.38. The second-order valence-electron chi connectivity index (χ2n) is 7.73. The van der Waals surface area contributed by atoms with Gasteiger partial charge < -0.3 is 14.6 Å². The number of methoxy groups -OCH3 is 1. The Kier molecular flexibility index (Phi) is 7.51. The van der Waals surface area contributed by atoms with Crippen LogP contribution in [0.15, 0.2) is 66.2 Å². The van der Waals surface area contributed by atoms with E-state index in [1.807, 2.05) is 0 Å². The van der Waals surface area contributed by atoms with Gasteiger partial charge in [0.1, 0.15) is 18.0 Å². The first-order valence-electron chi connectivity index (χ1n) is 10.7. The zero-order valence-corrected chi connectivity index (χ0v) is 20.7. The Labute approximate surface area is 220 Å². The van der Waals surface area contributed by atoms with Crippen LogP contribution in [0.3, 0.4) is 0 Å². The van der Waals surface area contributed by atoms with Crippen LogP contribution >= 0.6 is 23.8 Å². The lowest BCUT2D eigenvalue weighted by Gasteiger charge is -2.29. The van der Waals surface area contributed by atoms with Crippen molar-refractivity contribution in [1.82, 2.24) is 5.32 Å². The van der Waals surface area contributed by atoms with Crippen molar-refractivity contribution in [3.8, 4) is 11.5 Å². The van der Waals surface area contributed by atoms with Crippen molar-refractivity contribution in [3.63, 3.8) is 0 Å². The lowest BCUT2D eigenvalue weighted by Crippen LogP contribution is -2.54. The molecule has 2 N–H and O–H groups in total. The van der Waals surface area contributed by atoms with E-state index >= 15 is 0 Å². The van der Waals surface area contributed by atoms with Crippen molar-refractivity contribution in [3.05, 3.63) is 93.8 Å². The van der Waals surface area contributed by atoms with Gasteiger partial charge in [-0.15, -0.1) is 0 Å². The molecule has 0 unspecified atom stereocenters. The maximum atomic E-state index is 14.0. The van der Waals surface area contributed by atoms with Gasteiger partial charge in [-0.05, 0) is 60.3 Å². The number of hydrogen-bond acceptors (Lipinski definition) is 6. The van der Waals surface area contributed by atoms with E-state index in [2.05, 4.69) is 5.32 Å². The summed E-state index contributed by atoms with van der Waals surface area (Å²) in [6.07, 6.45) is 1.29. The van der Waals surface area contributed by atoms with E-state index in [0.29, 0.717) is 11.1 Å². The van der Waals surface area contributed by atoms with E-state index in [4.69, 9.17) is 33.3 Å². The molecule has 37 heavy (non-hydrogen) atoms. The van der Waals surface area contributed by atoms with Crippen LogP contribution in [-0.4, -0.2) is 35.1 Å². The predicted molar refractivity (Wildman–Crippen MR) is 138 cm³/mol. The lowest BCUT2D eigenvalue weighted by molar-refractivity contribution is -0.122. The fraction of sp³-hybridized carbons (Fsp3) is 0.0769. The predicted octanol–water partition coefficient (Wildman–Crippen LogP) is 4.60. The zero-order chi connectivity index (χ0) is 26.7. The van der Waals surface area contributed by atoms with Gasteiger partial charge in [-0.2, -0.15) is 0 Å². The molecule has 4 rings (SSSR count). The van der Waals surface area contributed by atoms with Crippen molar-refractivity contribution in [1.29, 1.82) is 0 Å². The van der Waals surface area contributed by atoms with Crippen molar-refractivity contribution < 1.29 is 33.4 Å². The Hall–Kier alpha value is -4.28. The van der Waals surface area contributed by atoms with Gasteiger partial charge in [-0.25, -0.2) is 9.18 Å². The summed E-state index contributed by atoms with van der Waals surface area (Å²) in [7, 11) is 1.38. The monoisotopic (exact) mass is 540 g/mol. The minimum Gasteiger partial charge on any atom is -0.493 e. The number of carboxylic acids is 1. The second-order valence-corrected chi connectivity index (χ2v) is 8.52. The highest BCUT2D eigenvalue weighted by Gasteiger charge is 2.35. The molecule has 1 fully saturated rings. The quantitative estimate of drug-likeness (QED) is 0.256. The first-order valence-corrected chi connectivity index (χ1v) is 11.5. The van der Waals surface area contributed by atoms with Crippen molar-refractivity contribution in [2.75, 3.05) is 12.0 Å². The highest BCUT2D eigenvalue weighted by molar-refractivity contribution is 7.80. The zero-order valence-electron chi connectivity index (χ0n) is 19.2. The van der Waals surface area contributed by atoms with Crippen LogP contribution in [0.5, 0.6) is 11.5 Å². The molecule has 0 aromatic heterocycles. The van der Waals surface area contributed by atoms with Gasteiger partial charge >= 0.3 is 5.97 Å². The van der Waals surface area contributed by atoms with Gasteiger partial charge in [0.05, 0.1) is 23.4 Å². The number of rotatable bonds is 7. The molecule has 11 heteroatoms. The molecule has 1 heterocycles. The number of carboxylic acid groups (broad SMARTS) is 1. The number of nitrogens with one attached hydrogen (secondary N) is 1. The molecule has 1 saturated heterocycles. The van der Waals surface area contributed by atoms with Crippen LogP contribution in [0.25, 0.3) is 6.08 Å². The first-order chi connectivity index (χ1) is 17.7. The van der Waals surface area contributed by atoms with E-state index < -0.39 is 23.6 Å². The third kappa shape index (κ3) is 5.45. The molecule has 1 aliphatic heterocycles. The number of thiocarbonyl (C=S) groups is 1. The van der Waals surface area contributed by atoms with Gasteiger partial charge in [-0.1, -0.05) is 35.9 Å². The van der Waals surface area contributed by atoms with Crippen molar-refractivity contribution in [2.24, 2.45) is 0 Å². The molecular formula is C26H18ClFN2O6S. The van der Waals surface area contributed by atoms with Gasteiger partial charge in [0, 0.05) is 5.56 Å². The third-order valence-electron chi connectivity index (χ3n) is 5.35. The Morgan fingerprint density at radius 3 is 2.62 bits per heavy atom. The van der Waals surface area contributed by atoms with Crippen molar-refractivity contribution in [2.45, 2.75) is 6.61 Å². The fourth-order valence-corrected chi connectivity index (χ4v) is 4.12. The molecule has 0 atom stereocenters. The van der Waals surface area contributed by atoms with E-state index in [0.717, 1.165) is 4.90 Å². The van der Waals surface area contributed by atoms with E-state index in [1.54, 1.807) is 18.2 Å². The standard InChI is InChI=1S/C26H18ClFN2O6S/c1-35-21-11-14(10-19(27)22(21)36-13-16-5-2-3-8-20(16)28)9-18-23(31)29-26(37)30(24(18)32)17-7-4-6-15(12-17)25(33)34/h2-12H,13H2,1H3,(H,33,34)(H,29,31,37). The molecule has 188 valence electrons. The highest BCUT2D eigenvalue weighted by atomic mass is 35.5. The van der Waals surface area contributed by atoms with Crippen LogP contribution in [-0.2, 0) is 16.2 Å². The molecule has 0 aliphatic carbocycles. The van der Waals surface area contributed by atoms with Gasteiger partial charge in [0.25, 0.3) is 11.8 Å².